The average molecular weight is 216 g/mol. The van der Waals surface area contributed by atoms with E-state index in [4.69, 9.17) is 4.42 Å². The Bertz CT molecular complexity index is 431. The van der Waals surface area contributed by atoms with Crippen LogP contribution in [0, 0.1) is 6.92 Å². The van der Waals surface area contributed by atoms with E-state index in [0.29, 0.717) is 0 Å². The van der Waals surface area contributed by atoms with Crippen LogP contribution in [0.25, 0.3) is 6.08 Å². The lowest BCUT2D eigenvalue weighted by molar-refractivity contribution is 0.433. The molecule has 1 heteroatoms. The van der Waals surface area contributed by atoms with Gasteiger partial charge in [0.1, 0.15) is 11.5 Å². The lowest BCUT2D eigenvalue weighted by Gasteiger charge is -2.22. The van der Waals surface area contributed by atoms with E-state index < -0.39 is 0 Å². The van der Waals surface area contributed by atoms with Gasteiger partial charge < -0.3 is 4.42 Å². The van der Waals surface area contributed by atoms with Crippen LogP contribution in [0.15, 0.2) is 9.99 Å². The summed E-state index contributed by atoms with van der Waals surface area (Å²) in [5, 5.41) is 0. The van der Waals surface area contributed by atoms with E-state index in [9.17, 15) is 0 Å². The summed E-state index contributed by atoms with van der Waals surface area (Å²) in [6.45, 7) is 4.35. The van der Waals surface area contributed by atoms with Gasteiger partial charge in [-0.1, -0.05) is 24.8 Å². The minimum absolute atomic E-state index is 0.778. The molecule has 0 aromatic carbocycles. The van der Waals surface area contributed by atoms with Crippen molar-refractivity contribution in [3.63, 3.8) is 0 Å². The molecule has 3 rings (SSSR count). The van der Waals surface area contributed by atoms with Crippen molar-refractivity contribution in [1.82, 2.24) is 0 Å². The van der Waals surface area contributed by atoms with Gasteiger partial charge in [0.05, 0.1) is 0 Å². The Hall–Kier alpha value is -0.980. The molecular formula is C15H20O. The zero-order chi connectivity index (χ0) is 11.1. The highest BCUT2D eigenvalue weighted by atomic mass is 16.3. The Morgan fingerprint density at radius 1 is 1.12 bits per heavy atom. The first-order valence-electron chi connectivity index (χ1n) is 6.55. The van der Waals surface area contributed by atoms with E-state index in [2.05, 4.69) is 19.9 Å². The topological polar surface area (TPSA) is 13.1 Å². The fourth-order valence-electron chi connectivity index (χ4n) is 3.40. The molecule has 0 bridgehead atoms. The maximum Gasteiger partial charge on any atom is 0.130 e. The summed E-state index contributed by atoms with van der Waals surface area (Å²) in [6.07, 6.45) is 10.3. The molecule has 16 heavy (non-hydrogen) atoms. The molecule has 0 amide bonds. The number of fused-ring (bicyclic) bond motifs is 1. The van der Waals surface area contributed by atoms with E-state index in [1.807, 2.05) is 0 Å². The van der Waals surface area contributed by atoms with Gasteiger partial charge in [-0.2, -0.15) is 0 Å². The predicted molar refractivity (Wildman–Crippen MR) is 66.6 cm³/mol. The van der Waals surface area contributed by atoms with Crippen molar-refractivity contribution in [2.24, 2.45) is 0 Å². The summed E-state index contributed by atoms with van der Waals surface area (Å²) < 4.78 is 5.90. The molecule has 0 saturated heterocycles. The molecule has 1 saturated carbocycles. The fourth-order valence-corrected chi connectivity index (χ4v) is 3.40. The van der Waals surface area contributed by atoms with Gasteiger partial charge in [0.2, 0.25) is 0 Å². The highest BCUT2D eigenvalue weighted by Gasteiger charge is 2.27. The van der Waals surface area contributed by atoms with Crippen molar-refractivity contribution in [3.8, 4) is 0 Å². The molecule has 0 unspecified atom stereocenters. The number of rotatable bonds is 1. The number of hydrogen-bond donors (Lipinski definition) is 0. The van der Waals surface area contributed by atoms with Crippen LogP contribution in [0.2, 0.25) is 0 Å². The smallest absolute Gasteiger partial charge is 0.130 e. The molecule has 2 aliphatic rings. The number of hydrogen-bond acceptors (Lipinski definition) is 1. The lowest BCUT2D eigenvalue weighted by atomic mass is 9.82. The third kappa shape index (κ3) is 1.53. The second-order valence-electron chi connectivity index (χ2n) is 5.42. The van der Waals surface area contributed by atoms with Crippen LogP contribution < -0.4 is 0 Å². The maximum atomic E-state index is 5.90. The maximum absolute atomic E-state index is 5.90. The van der Waals surface area contributed by atoms with Crippen LogP contribution in [0.1, 0.15) is 67.6 Å². The van der Waals surface area contributed by atoms with E-state index in [1.54, 1.807) is 5.56 Å². The summed E-state index contributed by atoms with van der Waals surface area (Å²) in [7, 11) is 0. The van der Waals surface area contributed by atoms with Crippen molar-refractivity contribution in [2.75, 3.05) is 0 Å². The zero-order valence-electron chi connectivity index (χ0n) is 10.3. The van der Waals surface area contributed by atoms with Crippen LogP contribution in [0.3, 0.4) is 0 Å². The Balaban J connectivity index is 1.97. The minimum Gasteiger partial charge on any atom is -0.461 e. The zero-order valence-corrected chi connectivity index (χ0v) is 10.3. The van der Waals surface area contributed by atoms with Gasteiger partial charge in [0.15, 0.2) is 0 Å². The molecule has 0 spiro atoms. The average Bonchev–Trinajstić information content (AvgIpc) is 2.74. The summed E-state index contributed by atoms with van der Waals surface area (Å²) in [4.78, 5) is 0. The minimum atomic E-state index is 0.778. The molecular weight excluding hydrogens is 196 g/mol. The van der Waals surface area contributed by atoms with E-state index >= 15 is 0 Å². The van der Waals surface area contributed by atoms with Crippen molar-refractivity contribution in [2.45, 2.75) is 58.3 Å². The molecule has 0 N–H and O–H groups in total. The van der Waals surface area contributed by atoms with Gasteiger partial charge in [0, 0.05) is 11.1 Å². The van der Waals surface area contributed by atoms with Crippen LogP contribution in [-0.2, 0) is 6.42 Å². The molecule has 86 valence electrons. The summed E-state index contributed by atoms with van der Waals surface area (Å²) >= 11 is 0. The second-order valence-corrected chi connectivity index (χ2v) is 5.42. The van der Waals surface area contributed by atoms with Crippen molar-refractivity contribution in [3.05, 3.63) is 28.2 Å². The van der Waals surface area contributed by atoms with Crippen LogP contribution in [0.4, 0.5) is 0 Å². The normalized spacial score (nSPS) is 21.0. The quantitative estimate of drug-likeness (QED) is 0.669. The first-order chi connectivity index (χ1) is 7.75. The Labute approximate surface area is 97.5 Å². The summed E-state index contributed by atoms with van der Waals surface area (Å²) in [5.74, 6) is 3.11. The first kappa shape index (κ1) is 10.2. The van der Waals surface area contributed by atoms with Gasteiger partial charge in [-0.3, -0.25) is 0 Å². The molecule has 1 aromatic rings. The molecule has 1 fully saturated rings. The monoisotopic (exact) mass is 216 g/mol. The molecule has 0 aliphatic heterocycles. The standard InChI is InChI=1S/C15H20O/c1-10-8-13-14(9-10)16-11(2)15(13)12-6-4-3-5-7-12/h9,12H,3-8H2,1-2H3. The fraction of sp³-hybridized carbons (Fsp3) is 0.600. The molecule has 1 heterocycles. The number of aryl methyl sites for hydroxylation is 1. The molecule has 1 aromatic heterocycles. The Kier molecular flexibility index (Phi) is 2.42. The van der Waals surface area contributed by atoms with Gasteiger partial charge in [-0.25, -0.2) is 0 Å². The predicted octanol–water partition coefficient (Wildman–Crippen LogP) is 4.60. The number of allylic oxidation sites excluding steroid dienone is 1. The van der Waals surface area contributed by atoms with Crippen LogP contribution in [0.5, 0.6) is 0 Å². The molecule has 1 nitrogen and oxygen atoms in total. The third-order valence-corrected chi connectivity index (χ3v) is 4.11. The van der Waals surface area contributed by atoms with Crippen molar-refractivity contribution >= 4 is 6.08 Å². The van der Waals surface area contributed by atoms with Crippen molar-refractivity contribution < 1.29 is 4.42 Å². The molecule has 0 radical (unpaired) electrons. The highest BCUT2D eigenvalue weighted by Crippen LogP contribution is 2.41. The van der Waals surface area contributed by atoms with E-state index in [0.717, 1.165) is 18.1 Å². The molecule has 0 atom stereocenters. The van der Waals surface area contributed by atoms with Crippen LogP contribution >= 0.6 is 0 Å². The van der Waals surface area contributed by atoms with E-state index in [-0.39, 0.29) is 0 Å². The first-order valence-corrected chi connectivity index (χ1v) is 6.55. The highest BCUT2D eigenvalue weighted by molar-refractivity contribution is 5.62. The summed E-state index contributed by atoms with van der Waals surface area (Å²) in [6, 6.07) is 0. The van der Waals surface area contributed by atoms with Crippen LogP contribution in [-0.4, -0.2) is 0 Å². The summed E-state index contributed by atoms with van der Waals surface area (Å²) in [5.41, 5.74) is 4.51. The van der Waals surface area contributed by atoms with Gasteiger partial charge in [0.25, 0.3) is 0 Å². The largest absolute Gasteiger partial charge is 0.461 e. The van der Waals surface area contributed by atoms with Gasteiger partial charge >= 0.3 is 0 Å². The second kappa shape index (κ2) is 3.80. The van der Waals surface area contributed by atoms with Gasteiger partial charge in [-0.05, 0) is 45.1 Å². The number of furan rings is 1. The lowest BCUT2D eigenvalue weighted by Crippen LogP contribution is -2.07. The molecule has 2 aliphatic carbocycles. The Morgan fingerprint density at radius 3 is 2.62 bits per heavy atom. The van der Waals surface area contributed by atoms with Gasteiger partial charge in [-0.15, -0.1) is 0 Å². The van der Waals surface area contributed by atoms with Crippen molar-refractivity contribution in [1.29, 1.82) is 0 Å². The SMILES string of the molecule is CC1=Cc2oc(C)c(C3CCCCC3)c2C1. The van der Waals surface area contributed by atoms with E-state index in [1.165, 1.54) is 49.0 Å². The third-order valence-electron chi connectivity index (χ3n) is 4.11. The Morgan fingerprint density at radius 2 is 1.88 bits per heavy atom.